The Morgan fingerprint density at radius 1 is 0.609 bits per heavy atom. The molecule has 0 atom stereocenters. The van der Waals surface area contributed by atoms with Crippen LogP contribution in [0.15, 0.2) is 121 Å². The standard InChI is InChI=1S/C41H28N4S/c1-41(2)23-32-33(24-41)42-40(43-37(32)31-16-10-15-29-27-14-7-9-18-36(27)46-39(29)31)45-35-17-8-6-13-26(35)28-19-20-34-30(38(28)45)21-22-44(34)25-11-4-3-5-12-25/h3-24H,1-2H3. The third kappa shape index (κ3) is 3.60. The van der Waals surface area contributed by atoms with E-state index < -0.39 is 0 Å². The first-order chi connectivity index (χ1) is 22.5. The van der Waals surface area contributed by atoms with E-state index >= 15 is 0 Å². The molecule has 46 heavy (non-hydrogen) atoms. The minimum Gasteiger partial charge on any atom is -0.316 e. The minimum atomic E-state index is -0.126. The molecule has 0 bridgehead atoms. The van der Waals surface area contributed by atoms with E-state index in [-0.39, 0.29) is 5.41 Å². The fourth-order valence-electron chi connectivity index (χ4n) is 7.43. The zero-order valence-corrected chi connectivity index (χ0v) is 26.2. The third-order valence-electron chi connectivity index (χ3n) is 9.38. The summed E-state index contributed by atoms with van der Waals surface area (Å²) in [5, 5.41) is 8.23. The fourth-order valence-corrected chi connectivity index (χ4v) is 8.65. The van der Waals surface area contributed by atoms with Crippen LogP contribution in [0, 0.1) is 5.41 Å². The van der Waals surface area contributed by atoms with Gasteiger partial charge < -0.3 is 4.57 Å². The Morgan fingerprint density at radius 3 is 2.28 bits per heavy atom. The number of hydrogen-bond donors (Lipinski definition) is 0. The molecular formula is C41H28N4S. The summed E-state index contributed by atoms with van der Waals surface area (Å²) in [6, 6.07) is 41.2. The molecule has 0 spiro atoms. The molecule has 5 aromatic carbocycles. The van der Waals surface area contributed by atoms with Crippen molar-refractivity contribution >= 4 is 76.4 Å². The average molecular weight is 609 g/mol. The van der Waals surface area contributed by atoms with Crippen molar-refractivity contribution in [2.75, 3.05) is 0 Å². The van der Waals surface area contributed by atoms with E-state index in [9.17, 15) is 0 Å². The van der Waals surface area contributed by atoms with Crippen LogP contribution in [0.25, 0.3) is 87.9 Å². The molecule has 0 radical (unpaired) electrons. The Hall–Kier alpha value is -5.52. The molecule has 9 aromatic rings. The third-order valence-corrected chi connectivity index (χ3v) is 10.6. The lowest BCUT2D eigenvalue weighted by molar-refractivity contribution is 0.723. The first-order valence-corrected chi connectivity index (χ1v) is 16.5. The van der Waals surface area contributed by atoms with Gasteiger partial charge in [0.15, 0.2) is 0 Å². The van der Waals surface area contributed by atoms with E-state index in [4.69, 9.17) is 9.97 Å². The molecule has 5 heteroatoms. The van der Waals surface area contributed by atoms with E-state index in [0.717, 1.165) is 44.1 Å². The van der Waals surface area contributed by atoms with E-state index in [0.29, 0.717) is 5.95 Å². The molecule has 0 amide bonds. The largest absolute Gasteiger partial charge is 0.316 e. The molecule has 0 unspecified atom stereocenters. The van der Waals surface area contributed by atoms with Gasteiger partial charge in [0, 0.05) is 64.4 Å². The zero-order chi connectivity index (χ0) is 30.6. The van der Waals surface area contributed by atoms with E-state index in [2.05, 4.69) is 157 Å². The predicted molar refractivity (Wildman–Crippen MR) is 193 cm³/mol. The van der Waals surface area contributed by atoms with Gasteiger partial charge in [0.25, 0.3) is 0 Å². The molecule has 1 aliphatic rings. The number of rotatable bonds is 3. The summed E-state index contributed by atoms with van der Waals surface area (Å²) in [4.78, 5) is 10.8. The highest BCUT2D eigenvalue weighted by molar-refractivity contribution is 7.26. The monoisotopic (exact) mass is 608 g/mol. The van der Waals surface area contributed by atoms with Crippen molar-refractivity contribution in [2.24, 2.45) is 5.41 Å². The average Bonchev–Trinajstić information content (AvgIpc) is 3.83. The van der Waals surface area contributed by atoms with Crippen molar-refractivity contribution < 1.29 is 0 Å². The second-order valence-electron chi connectivity index (χ2n) is 12.8. The van der Waals surface area contributed by atoms with Gasteiger partial charge in [-0.1, -0.05) is 98.8 Å². The van der Waals surface area contributed by atoms with Gasteiger partial charge in [-0.3, -0.25) is 4.57 Å². The van der Waals surface area contributed by atoms with Crippen LogP contribution in [0.4, 0.5) is 0 Å². The van der Waals surface area contributed by atoms with Crippen molar-refractivity contribution in [1.29, 1.82) is 0 Å². The van der Waals surface area contributed by atoms with Gasteiger partial charge in [-0.15, -0.1) is 11.3 Å². The SMILES string of the molecule is CC1(C)C=c2nc(-n3c4ccccc4c4ccc5c(ccn5-c5ccccc5)c43)nc(-c3cccc4c3sc3ccccc34)c2=C1. The lowest BCUT2D eigenvalue weighted by atomic mass is 9.96. The van der Waals surface area contributed by atoms with Crippen LogP contribution in [0.1, 0.15) is 13.8 Å². The van der Waals surface area contributed by atoms with Crippen molar-refractivity contribution in [3.8, 4) is 22.9 Å². The molecule has 0 saturated heterocycles. The molecule has 4 heterocycles. The van der Waals surface area contributed by atoms with Crippen LogP contribution in [0.2, 0.25) is 0 Å². The molecule has 0 aliphatic heterocycles. The Morgan fingerprint density at radius 2 is 1.39 bits per heavy atom. The summed E-state index contributed by atoms with van der Waals surface area (Å²) >= 11 is 1.85. The van der Waals surface area contributed by atoms with Crippen LogP contribution >= 0.6 is 11.3 Å². The number of fused-ring (bicyclic) bond motifs is 9. The van der Waals surface area contributed by atoms with Crippen LogP contribution in [-0.4, -0.2) is 19.1 Å². The maximum Gasteiger partial charge on any atom is 0.235 e. The van der Waals surface area contributed by atoms with Gasteiger partial charge in [0.2, 0.25) is 5.95 Å². The molecule has 0 saturated carbocycles. The van der Waals surface area contributed by atoms with Gasteiger partial charge in [-0.05, 0) is 42.5 Å². The quantitative estimate of drug-likeness (QED) is 0.201. The number of thiophene rings is 1. The summed E-state index contributed by atoms with van der Waals surface area (Å²) < 4.78 is 7.10. The summed E-state index contributed by atoms with van der Waals surface area (Å²) in [5.41, 5.74) is 6.53. The lowest BCUT2D eigenvalue weighted by Gasteiger charge is -2.11. The molecule has 4 aromatic heterocycles. The molecular weight excluding hydrogens is 581 g/mol. The first-order valence-electron chi connectivity index (χ1n) is 15.7. The normalized spacial score (nSPS) is 14.0. The Labute approximate surface area is 268 Å². The molecule has 10 rings (SSSR count). The van der Waals surface area contributed by atoms with E-state index in [1.54, 1.807) is 0 Å². The summed E-state index contributed by atoms with van der Waals surface area (Å²) in [6.45, 7) is 4.49. The van der Waals surface area contributed by atoms with Crippen LogP contribution in [0.3, 0.4) is 0 Å². The second kappa shape index (κ2) is 9.25. The number of hydrogen-bond acceptors (Lipinski definition) is 3. The molecule has 0 fully saturated rings. The summed E-state index contributed by atoms with van der Waals surface area (Å²) in [5.74, 6) is 0.695. The van der Waals surface area contributed by atoms with Crippen molar-refractivity contribution in [1.82, 2.24) is 19.1 Å². The molecule has 1 aliphatic carbocycles. The van der Waals surface area contributed by atoms with Gasteiger partial charge in [-0.2, -0.15) is 0 Å². The predicted octanol–water partition coefficient (Wildman–Crippen LogP) is 9.15. The van der Waals surface area contributed by atoms with Crippen LogP contribution in [-0.2, 0) is 0 Å². The highest BCUT2D eigenvalue weighted by Crippen LogP contribution is 2.40. The number of aromatic nitrogens is 4. The molecule has 218 valence electrons. The topological polar surface area (TPSA) is 35.6 Å². The minimum absolute atomic E-state index is 0.126. The second-order valence-corrected chi connectivity index (χ2v) is 13.9. The summed E-state index contributed by atoms with van der Waals surface area (Å²) in [7, 11) is 0. The smallest absolute Gasteiger partial charge is 0.235 e. The van der Waals surface area contributed by atoms with E-state index in [1.165, 1.54) is 36.3 Å². The van der Waals surface area contributed by atoms with Gasteiger partial charge in [-0.25, -0.2) is 9.97 Å². The molecule has 0 N–H and O–H groups in total. The van der Waals surface area contributed by atoms with Gasteiger partial charge >= 0.3 is 0 Å². The molecule has 4 nitrogen and oxygen atoms in total. The Kier molecular flexibility index (Phi) is 5.18. The zero-order valence-electron chi connectivity index (χ0n) is 25.4. The Balaban J connectivity index is 1.33. The van der Waals surface area contributed by atoms with Gasteiger partial charge in [0.1, 0.15) is 0 Å². The number of para-hydroxylation sites is 2. The van der Waals surface area contributed by atoms with E-state index in [1.807, 2.05) is 11.3 Å². The summed E-state index contributed by atoms with van der Waals surface area (Å²) in [6.07, 6.45) is 6.79. The van der Waals surface area contributed by atoms with Crippen LogP contribution in [0.5, 0.6) is 0 Å². The fraction of sp³-hybridized carbons (Fsp3) is 0.0732. The highest BCUT2D eigenvalue weighted by atomic mass is 32.1. The van der Waals surface area contributed by atoms with Crippen molar-refractivity contribution in [2.45, 2.75) is 13.8 Å². The van der Waals surface area contributed by atoms with Crippen molar-refractivity contribution in [3.63, 3.8) is 0 Å². The highest BCUT2D eigenvalue weighted by Gasteiger charge is 2.24. The number of benzene rings is 5. The van der Waals surface area contributed by atoms with Gasteiger partial charge in [0.05, 0.1) is 27.6 Å². The van der Waals surface area contributed by atoms with Crippen LogP contribution < -0.4 is 10.6 Å². The maximum absolute atomic E-state index is 5.52. The number of nitrogens with zero attached hydrogens (tertiary/aromatic N) is 4. The maximum atomic E-state index is 5.52. The van der Waals surface area contributed by atoms with Crippen molar-refractivity contribution in [3.05, 3.63) is 132 Å². The lowest BCUT2D eigenvalue weighted by Crippen LogP contribution is -2.30. The first kappa shape index (κ1) is 25.8. The Bertz CT molecular complexity index is 2830.